The molecule has 0 radical (unpaired) electrons. The summed E-state index contributed by atoms with van der Waals surface area (Å²) in [6, 6.07) is 4.64. The zero-order chi connectivity index (χ0) is 9.35. The quantitative estimate of drug-likeness (QED) is 0.571. The van der Waals surface area contributed by atoms with Crippen molar-refractivity contribution in [1.82, 2.24) is 0 Å². The van der Waals surface area contributed by atoms with Crippen LogP contribution in [0.2, 0.25) is 0 Å². The van der Waals surface area contributed by atoms with E-state index in [2.05, 4.69) is 0 Å². The molecule has 0 spiro atoms. The average Bonchev–Trinajstić information content (AvgIpc) is 1.82. The van der Waals surface area contributed by atoms with Crippen molar-refractivity contribution >= 4 is 55.3 Å². The van der Waals surface area contributed by atoms with Crippen LogP contribution in [-0.2, 0) is 10.1 Å². The van der Waals surface area contributed by atoms with E-state index in [0.717, 1.165) is 7.14 Å². The molecule has 66 valence electrons. The maximum Gasteiger partial charge on any atom is 0.294 e. The zero-order valence-electron chi connectivity index (χ0n) is 5.66. The highest BCUT2D eigenvalue weighted by Crippen LogP contribution is 2.17. The van der Waals surface area contributed by atoms with E-state index in [9.17, 15) is 8.42 Å². The molecule has 1 aromatic carbocycles. The van der Waals surface area contributed by atoms with E-state index in [1.807, 2.05) is 51.2 Å². The van der Waals surface area contributed by atoms with Crippen LogP contribution < -0.4 is 0 Å². The molecule has 0 saturated heterocycles. The van der Waals surface area contributed by atoms with Crippen molar-refractivity contribution in [3.63, 3.8) is 0 Å². The topological polar surface area (TPSA) is 54.4 Å². The van der Waals surface area contributed by atoms with Crippen molar-refractivity contribution in [2.24, 2.45) is 0 Å². The first-order chi connectivity index (χ1) is 5.39. The first-order valence-electron chi connectivity index (χ1n) is 2.83. The number of benzene rings is 1. The van der Waals surface area contributed by atoms with Gasteiger partial charge in [0.15, 0.2) is 0 Å². The largest absolute Gasteiger partial charge is 0.294 e. The second-order valence-corrected chi connectivity index (χ2v) is 5.99. The monoisotopic (exact) mass is 410 g/mol. The molecule has 0 heterocycles. The van der Waals surface area contributed by atoms with Crippen molar-refractivity contribution < 1.29 is 13.0 Å². The van der Waals surface area contributed by atoms with Gasteiger partial charge in [0.2, 0.25) is 0 Å². The third kappa shape index (κ3) is 2.82. The minimum atomic E-state index is -4.06. The van der Waals surface area contributed by atoms with Gasteiger partial charge in [-0.15, -0.1) is 0 Å². The predicted molar refractivity (Wildman–Crippen MR) is 61.7 cm³/mol. The summed E-state index contributed by atoms with van der Waals surface area (Å²) in [5, 5.41) is 0. The maximum absolute atomic E-state index is 10.7. The molecule has 0 aromatic heterocycles. The SMILES string of the molecule is O=S(=O)(O)c1cc(I)cc(I)c1. The summed E-state index contributed by atoms with van der Waals surface area (Å²) in [6.45, 7) is 0. The summed E-state index contributed by atoms with van der Waals surface area (Å²) in [5.41, 5.74) is 0. The maximum atomic E-state index is 10.7. The molecule has 0 saturated carbocycles. The zero-order valence-corrected chi connectivity index (χ0v) is 10.8. The second kappa shape index (κ2) is 3.76. The Labute approximate surface area is 97.6 Å². The molecule has 0 aliphatic rings. The Balaban J connectivity index is 3.37. The van der Waals surface area contributed by atoms with Crippen LogP contribution >= 0.6 is 45.2 Å². The molecule has 0 unspecified atom stereocenters. The lowest BCUT2D eigenvalue weighted by atomic mass is 10.4. The first kappa shape index (κ1) is 10.7. The molecule has 6 heteroatoms. The van der Waals surface area contributed by atoms with Gasteiger partial charge in [-0.2, -0.15) is 8.42 Å². The minimum Gasteiger partial charge on any atom is -0.282 e. The van der Waals surface area contributed by atoms with E-state index < -0.39 is 10.1 Å². The molecule has 0 atom stereocenters. The van der Waals surface area contributed by atoms with Gasteiger partial charge in [0.25, 0.3) is 10.1 Å². The number of halogens is 2. The summed E-state index contributed by atoms with van der Waals surface area (Å²) >= 11 is 3.98. The van der Waals surface area contributed by atoms with Crippen molar-refractivity contribution in [2.45, 2.75) is 4.90 Å². The fraction of sp³-hybridized carbons (Fsp3) is 0. The van der Waals surface area contributed by atoms with Crippen LogP contribution in [0.5, 0.6) is 0 Å². The van der Waals surface area contributed by atoms with Crippen molar-refractivity contribution in [1.29, 1.82) is 0 Å². The lowest BCUT2D eigenvalue weighted by Crippen LogP contribution is -1.98. The van der Waals surface area contributed by atoms with Gasteiger partial charge in [-0.25, -0.2) is 0 Å². The molecule has 0 bridgehead atoms. The summed E-state index contributed by atoms with van der Waals surface area (Å²) in [6.07, 6.45) is 0. The Hall–Kier alpha value is 0.590. The van der Waals surface area contributed by atoms with Crippen LogP contribution in [0, 0.1) is 7.14 Å². The van der Waals surface area contributed by atoms with Gasteiger partial charge >= 0.3 is 0 Å². The lowest BCUT2D eigenvalue weighted by molar-refractivity contribution is 0.483. The highest BCUT2D eigenvalue weighted by atomic mass is 127. The van der Waals surface area contributed by atoms with Crippen molar-refractivity contribution in [2.75, 3.05) is 0 Å². The van der Waals surface area contributed by atoms with E-state index in [-0.39, 0.29) is 4.90 Å². The minimum absolute atomic E-state index is 0.0567. The Kier molecular flexibility index (Phi) is 3.34. The summed E-state index contributed by atoms with van der Waals surface area (Å²) < 4.78 is 31.6. The fourth-order valence-corrected chi connectivity index (χ4v) is 3.59. The Morgan fingerprint density at radius 1 is 1.08 bits per heavy atom. The molecular formula is C6H4I2O3S. The Bertz CT molecular complexity index is 379. The third-order valence-corrected chi connectivity index (χ3v) is 3.21. The summed E-state index contributed by atoms with van der Waals surface area (Å²) in [5.74, 6) is 0. The van der Waals surface area contributed by atoms with E-state index in [0.29, 0.717) is 0 Å². The molecule has 1 aromatic rings. The predicted octanol–water partition coefficient (Wildman–Crippen LogP) is 2.14. The van der Waals surface area contributed by atoms with Gasteiger partial charge in [-0.1, -0.05) is 0 Å². The van der Waals surface area contributed by atoms with Crippen molar-refractivity contribution in [3.8, 4) is 0 Å². The number of hydrogen-bond donors (Lipinski definition) is 1. The average molecular weight is 410 g/mol. The molecule has 1 rings (SSSR count). The molecule has 0 amide bonds. The molecule has 1 N–H and O–H groups in total. The normalized spacial score (nSPS) is 11.6. The fourth-order valence-electron chi connectivity index (χ4n) is 0.677. The second-order valence-electron chi connectivity index (χ2n) is 2.08. The van der Waals surface area contributed by atoms with Gasteiger partial charge in [0.05, 0.1) is 4.90 Å². The standard InChI is InChI=1S/C6H4I2O3S/c7-4-1-5(8)3-6(2-4)12(9,10)11/h1-3H,(H,9,10,11). The Morgan fingerprint density at radius 3 is 1.83 bits per heavy atom. The molecule has 0 aliphatic carbocycles. The van der Waals surface area contributed by atoms with E-state index in [1.54, 1.807) is 0 Å². The van der Waals surface area contributed by atoms with Crippen LogP contribution in [0.3, 0.4) is 0 Å². The molecule has 12 heavy (non-hydrogen) atoms. The third-order valence-electron chi connectivity index (χ3n) is 1.13. The molecule has 3 nitrogen and oxygen atoms in total. The van der Waals surface area contributed by atoms with Gasteiger partial charge in [-0.3, -0.25) is 4.55 Å². The van der Waals surface area contributed by atoms with Crippen LogP contribution in [0.4, 0.5) is 0 Å². The molecular weight excluding hydrogens is 406 g/mol. The van der Waals surface area contributed by atoms with E-state index in [1.165, 1.54) is 12.1 Å². The molecule has 0 aliphatic heterocycles. The highest BCUT2D eigenvalue weighted by molar-refractivity contribution is 14.1. The number of rotatable bonds is 1. The first-order valence-corrected chi connectivity index (χ1v) is 6.43. The van der Waals surface area contributed by atoms with Gasteiger partial charge < -0.3 is 0 Å². The summed E-state index contributed by atoms with van der Waals surface area (Å²) in [7, 11) is -4.06. The van der Waals surface area contributed by atoms with Crippen LogP contribution in [0.15, 0.2) is 23.1 Å². The van der Waals surface area contributed by atoms with Crippen LogP contribution in [0.25, 0.3) is 0 Å². The lowest BCUT2D eigenvalue weighted by Gasteiger charge is -1.98. The number of hydrogen-bond acceptors (Lipinski definition) is 2. The van der Waals surface area contributed by atoms with Crippen LogP contribution in [-0.4, -0.2) is 13.0 Å². The van der Waals surface area contributed by atoms with E-state index >= 15 is 0 Å². The van der Waals surface area contributed by atoms with Crippen molar-refractivity contribution in [3.05, 3.63) is 25.3 Å². The van der Waals surface area contributed by atoms with Crippen LogP contribution in [0.1, 0.15) is 0 Å². The van der Waals surface area contributed by atoms with Gasteiger partial charge in [0.1, 0.15) is 0 Å². The summed E-state index contributed by atoms with van der Waals surface area (Å²) in [4.78, 5) is -0.0567. The van der Waals surface area contributed by atoms with Gasteiger partial charge in [0, 0.05) is 7.14 Å². The Morgan fingerprint density at radius 2 is 1.50 bits per heavy atom. The van der Waals surface area contributed by atoms with Gasteiger partial charge in [-0.05, 0) is 63.4 Å². The van der Waals surface area contributed by atoms with E-state index in [4.69, 9.17) is 4.55 Å². The smallest absolute Gasteiger partial charge is 0.282 e. The highest BCUT2D eigenvalue weighted by Gasteiger charge is 2.10. The molecule has 0 fully saturated rings.